The summed E-state index contributed by atoms with van der Waals surface area (Å²) in [5.41, 5.74) is 0.972. The highest BCUT2D eigenvalue weighted by Gasteiger charge is 2.33. The number of fused-ring (bicyclic) bond motifs is 2. The van der Waals surface area contributed by atoms with Crippen molar-refractivity contribution >= 4 is 5.82 Å². The number of aromatic nitrogens is 3. The quantitative estimate of drug-likeness (QED) is 0.635. The summed E-state index contributed by atoms with van der Waals surface area (Å²) in [4.78, 5) is 14.1. The minimum Gasteiger partial charge on any atom is -0.507 e. The van der Waals surface area contributed by atoms with E-state index in [1.165, 1.54) is 42.0 Å². The molecule has 0 saturated carbocycles. The molecule has 2 bridgehead atoms. The number of aromatic hydroxyl groups is 1. The van der Waals surface area contributed by atoms with Crippen molar-refractivity contribution in [1.82, 2.24) is 20.1 Å². The summed E-state index contributed by atoms with van der Waals surface area (Å²) in [6.45, 7) is 0. The van der Waals surface area contributed by atoms with Crippen LogP contribution in [0.5, 0.6) is 5.75 Å². The number of nitrogens with one attached hydrogen (secondary N) is 1. The maximum absolute atomic E-state index is 14.9. The molecule has 2 saturated heterocycles. The zero-order valence-electron chi connectivity index (χ0n) is 18.8. The molecule has 0 unspecified atom stereocenters. The molecule has 2 aromatic heterocycles. The van der Waals surface area contributed by atoms with Crippen LogP contribution >= 0.6 is 0 Å². The number of benzene rings is 1. The molecule has 1 aromatic carbocycles. The molecule has 3 atom stereocenters. The van der Waals surface area contributed by atoms with E-state index in [1.807, 2.05) is 13.1 Å². The summed E-state index contributed by atoms with van der Waals surface area (Å²) in [6, 6.07) is 10.7. The zero-order valence-corrected chi connectivity index (χ0v) is 18.8. The van der Waals surface area contributed by atoms with Gasteiger partial charge in [0.15, 0.2) is 5.82 Å². The van der Waals surface area contributed by atoms with Crippen molar-refractivity contribution in [2.75, 3.05) is 11.9 Å². The number of hydrogen-bond donors (Lipinski definition) is 2. The molecule has 0 radical (unpaired) electrons. The van der Waals surface area contributed by atoms with Crippen molar-refractivity contribution < 1.29 is 9.50 Å². The summed E-state index contributed by atoms with van der Waals surface area (Å²) in [6.07, 6.45) is 7.50. The first-order chi connectivity index (χ1) is 15.9. The average molecular weight is 450 g/mol. The number of hydrogen-bond acceptors (Lipinski definition) is 6. The molecule has 2 fully saturated rings. The van der Waals surface area contributed by atoms with Crippen LogP contribution in [0.3, 0.4) is 0 Å². The van der Waals surface area contributed by atoms with Crippen molar-refractivity contribution in [3.8, 4) is 28.1 Å². The second-order valence-corrected chi connectivity index (χ2v) is 9.22. The van der Waals surface area contributed by atoms with Crippen LogP contribution in [0.4, 0.5) is 10.2 Å². The van der Waals surface area contributed by atoms with E-state index in [1.54, 1.807) is 25.4 Å². The zero-order chi connectivity index (χ0) is 23.1. The summed E-state index contributed by atoms with van der Waals surface area (Å²) in [5, 5.41) is 23.0. The number of halogens is 1. The first-order valence-corrected chi connectivity index (χ1v) is 11.4. The normalized spacial score (nSPS) is 22.2. The van der Waals surface area contributed by atoms with Gasteiger partial charge in [0.1, 0.15) is 11.6 Å². The van der Waals surface area contributed by atoms with E-state index in [4.69, 9.17) is 0 Å². The molecular formula is C25H28FN5O2. The molecule has 0 amide bonds. The summed E-state index contributed by atoms with van der Waals surface area (Å²) in [7, 11) is 3.67. The van der Waals surface area contributed by atoms with Crippen LogP contribution < -0.4 is 15.8 Å². The Kier molecular flexibility index (Phi) is 5.62. The molecule has 0 spiro atoms. The summed E-state index contributed by atoms with van der Waals surface area (Å²) in [5.74, 6) is 0.106. The molecule has 3 aromatic rings. The van der Waals surface area contributed by atoms with Crippen molar-refractivity contribution in [2.45, 2.75) is 50.2 Å². The Balaban J connectivity index is 1.38. The number of piperidine rings is 2. The summed E-state index contributed by atoms with van der Waals surface area (Å²) < 4.78 is 16.3. The van der Waals surface area contributed by atoms with Gasteiger partial charge in [-0.1, -0.05) is 6.42 Å². The van der Waals surface area contributed by atoms with Crippen LogP contribution in [0.1, 0.15) is 32.1 Å². The maximum Gasteiger partial charge on any atom is 0.250 e. The van der Waals surface area contributed by atoms with Crippen LogP contribution in [0.25, 0.3) is 22.4 Å². The number of pyridine rings is 1. The van der Waals surface area contributed by atoms with E-state index >= 15 is 0 Å². The molecule has 172 valence electrons. The van der Waals surface area contributed by atoms with Gasteiger partial charge >= 0.3 is 0 Å². The molecule has 2 aliphatic rings. The van der Waals surface area contributed by atoms with E-state index in [0.717, 1.165) is 18.7 Å². The van der Waals surface area contributed by atoms with Gasteiger partial charge in [0.2, 0.25) is 0 Å². The first kappa shape index (κ1) is 21.6. The van der Waals surface area contributed by atoms with E-state index in [-0.39, 0.29) is 22.4 Å². The van der Waals surface area contributed by atoms with Crippen LogP contribution in [-0.4, -0.2) is 45.0 Å². The fourth-order valence-electron chi connectivity index (χ4n) is 5.10. The van der Waals surface area contributed by atoms with Gasteiger partial charge in [0.25, 0.3) is 5.56 Å². The lowest BCUT2D eigenvalue weighted by molar-refractivity contribution is 0.219. The van der Waals surface area contributed by atoms with Gasteiger partial charge in [-0.25, -0.2) is 4.39 Å². The van der Waals surface area contributed by atoms with Crippen LogP contribution in [0, 0.1) is 5.82 Å². The van der Waals surface area contributed by atoms with Crippen molar-refractivity contribution in [2.24, 2.45) is 7.05 Å². The van der Waals surface area contributed by atoms with Crippen molar-refractivity contribution in [1.29, 1.82) is 0 Å². The van der Waals surface area contributed by atoms with Gasteiger partial charge in [-0.3, -0.25) is 4.79 Å². The lowest BCUT2D eigenvalue weighted by Crippen LogP contribution is -2.54. The standard InChI is InChI=1S/C25H28FN5O2/c1-30-9-8-15(10-25(30)33)19-14-23(32)20(13-21(19)26)22-6-7-24(29-28-22)31(2)18-11-16-4-3-5-17(12-18)27-16/h6-10,13-14,16-18,27,32H,3-5,11-12H2,1-2H3/t16-,17+,18+. The second-order valence-electron chi connectivity index (χ2n) is 9.22. The number of phenols is 1. The molecule has 7 nitrogen and oxygen atoms in total. The smallest absolute Gasteiger partial charge is 0.250 e. The van der Waals surface area contributed by atoms with E-state index in [2.05, 4.69) is 20.4 Å². The number of rotatable bonds is 4. The molecule has 5 rings (SSSR count). The fourth-order valence-corrected chi connectivity index (χ4v) is 5.10. The fraction of sp³-hybridized carbons (Fsp3) is 0.400. The van der Waals surface area contributed by atoms with Gasteiger partial charge in [-0.05, 0) is 61.6 Å². The van der Waals surface area contributed by atoms with Gasteiger partial charge in [0.05, 0.1) is 5.69 Å². The maximum atomic E-state index is 14.9. The van der Waals surface area contributed by atoms with Gasteiger partial charge in [0, 0.05) is 55.6 Å². The minimum absolute atomic E-state index is 0.117. The molecule has 0 aliphatic carbocycles. The highest BCUT2D eigenvalue weighted by molar-refractivity contribution is 5.74. The largest absolute Gasteiger partial charge is 0.507 e. The van der Waals surface area contributed by atoms with Crippen LogP contribution in [0.2, 0.25) is 0 Å². The predicted molar refractivity (Wildman–Crippen MR) is 126 cm³/mol. The Hall–Kier alpha value is -3.26. The summed E-state index contributed by atoms with van der Waals surface area (Å²) >= 11 is 0. The Bertz CT molecular complexity index is 1210. The molecular weight excluding hydrogens is 421 g/mol. The van der Waals surface area contributed by atoms with Gasteiger partial charge < -0.3 is 19.9 Å². The van der Waals surface area contributed by atoms with Gasteiger partial charge in [-0.2, -0.15) is 0 Å². The highest BCUT2D eigenvalue weighted by atomic mass is 19.1. The van der Waals surface area contributed by atoms with E-state index in [0.29, 0.717) is 29.4 Å². The van der Waals surface area contributed by atoms with E-state index < -0.39 is 5.82 Å². The number of nitrogens with zero attached hydrogens (tertiary/aromatic N) is 4. The number of phenolic OH excluding ortho intramolecular Hbond substituents is 1. The van der Waals surface area contributed by atoms with Crippen molar-refractivity contribution in [3.63, 3.8) is 0 Å². The molecule has 4 heterocycles. The third kappa shape index (κ3) is 4.23. The Labute approximate surface area is 191 Å². The third-order valence-corrected chi connectivity index (χ3v) is 7.03. The van der Waals surface area contributed by atoms with Gasteiger partial charge in [-0.15, -0.1) is 10.2 Å². The second kappa shape index (κ2) is 8.59. The third-order valence-electron chi connectivity index (χ3n) is 7.03. The topological polar surface area (TPSA) is 83.3 Å². The lowest BCUT2D eigenvalue weighted by Gasteiger charge is -2.43. The van der Waals surface area contributed by atoms with Crippen LogP contribution in [0.15, 0.2) is 47.4 Å². The Morgan fingerprint density at radius 1 is 1.09 bits per heavy atom. The highest BCUT2D eigenvalue weighted by Crippen LogP contribution is 2.35. The molecule has 33 heavy (non-hydrogen) atoms. The molecule has 8 heteroatoms. The SMILES string of the molecule is CN(c1ccc(-c2cc(F)c(-c3ccn(C)c(=O)c3)cc2O)nn1)[C@H]1C[C@H]2CCC[C@@H](C1)N2. The minimum atomic E-state index is -0.541. The monoisotopic (exact) mass is 449 g/mol. The first-order valence-electron chi connectivity index (χ1n) is 11.4. The number of anilines is 1. The Morgan fingerprint density at radius 3 is 2.52 bits per heavy atom. The van der Waals surface area contributed by atoms with E-state index in [9.17, 15) is 14.3 Å². The number of aryl methyl sites for hydroxylation is 1. The average Bonchev–Trinajstić information content (AvgIpc) is 2.81. The Morgan fingerprint density at radius 2 is 1.85 bits per heavy atom. The molecule has 2 aliphatic heterocycles. The van der Waals surface area contributed by atoms with Crippen LogP contribution in [-0.2, 0) is 7.05 Å². The predicted octanol–water partition coefficient (Wildman–Crippen LogP) is 3.46. The lowest BCUT2D eigenvalue weighted by atomic mass is 9.83. The molecule has 2 N–H and O–H groups in total. The van der Waals surface area contributed by atoms with Crippen molar-refractivity contribution in [3.05, 3.63) is 58.8 Å².